The van der Waals surface area contributed by atoms with Gasteiger partial charge in [0.2, 0.25) is 0 Å². The van der Waals surface area contributed by atoms with Crippen LogP contribution in [0.2, 0.25) is 0 Å². The van der Waals surface area contributed by atoms with Crippen LogP contribution < -0.4 is 0 Å². The van der Waals surface area contributed by atoms with Crippen molar-refractivity contribution in [3.63, 3.8) is 0 Å². The molecular formula is C20H25NO3. The van der Waals surface area contributed by atoms with Crippen molar-refractivity contribution in [2.45, 2.75) is 18.1 Å². The van der Waals surface area contributed by atoms with Gasteiger partial charge >= 0.3 is 0 Å². The average Bonchev–Trinajstić information content (AvgIpc) is 2.67. The van der Waals surface area contributed by atoms with E-state index < -0.39 is 5.60 Å². The monoisotopic (exact) mass is 327 g/mol. The number of nitrogens with zero attached hydrogens (tertiary/aromatic N) is 1. The second-order valence-electron chi connectivity index (χ2n) is 6.17. The lowest BCUT2D eigenvalue weighted by atomic mass is 9.78. The molecule has 4 heteroatoms. The molecule has 0 amide bonds. The molecule has 1 aliphatic heterocycles. The number of benzene rings is 2. The number of hydrogen-bond donors (Lipinski definition) is 2. The molecule has 2 aromatic rings. The molecule has 2 N–H and O–H groups in total. The van der Waals surface area contributed by atoms with Crippen molar-refractivity contribution in [3.8, 4) is 0 Å². The number of ether oxygens (including phenoxy) is 1. The van der Waals surface area contributed by atoms with E-state index in [1.807, 2.05) is 60.7 Å². The van der Waals surface area contributed by atoms with Crippen molar-refractivity contribution in [1.82, 2.24) is 4.90 Å². The van der Waals surface area contributed by atoms with Crippen molar-refractivity contribution in [3.05, 3.63) is 71.8 Å². The van der Waals surface area contributed by atoms with Crippen molar-refractivity contribution in [2.24, 2.45) is 0 Å². The van der Waals surface area contributed by atoms with Crippen LogP contribution in [0.4, 0.5) is 0 Å². The number of rotatable bonds is 6. The van der Waals surface area contributed by atoms with Gasteiger partial charge in [-0.3, -0.25) is 4.90 Å². The van der Waals surface area contributed by atoms with E-state index in [-0.39, 0.29) is 12.6 Å². The average molecular weight is 327 g/mol. The maximum Gasteiger partial charge on any atom is 0.130 e. The Morgan fingerprint density at radius 2 is 1.42 bits per heavy atom. The summed E-state index contributed by atoms with van der Waals surface area (Å²) in [5.41, 5.74) is 0.519. The zero-order valence-electron chi connectivity index (χ0n) is 13.8. The third kappa shape index (κ3) is 3.37. The van der Waals surface area contributed by atoms with E-state index in [4.69, 9.17) is 4.74 Å². The summed E-state index contributed by atoms with van der Waals surface area (Å²) in [5.74, 6) is 0. The Balaban J connectivity index is 2.08. The van der Waals surface area contributed by atoms with Gasteiger partial charge < -0.3 is 14.9 Å². The fraction of sp³-hybridized carbons (Fsp3) is 0.400. The van der Waals surface area contributed by atoms with Gasteiger partial charge in [0.25, 0.3) is 0 Å². The largest absolute Gasteiger partial charge is 0.396 e. The molecule has 0 saturated carbocycles. The van der Waals surface area contributed by atoms with Gasteiger partial charge in [0.1, 0.15) is 5.60 Å². The Kier molecular flexibility index (Phi) is 5.63. The molecule has 0 aliphatic carbocycles. The predicted octanol–water partition coefficient (Wildman–Crippen LogP) is 2.01. The van der Waals surface area contributed by atoms with Gasteiger partial charge in [-0.1, -0.05) is 60.7 Å². The molecular weight excluding hydrogens is 302 g/mol. The van der Waals surface area contributed by atoms with Crippen molar-refractivity contribution in [1.29, 1.82) is 0 Å². The van der Waals surface area contributed by atoms with Gasteiger partial charge in [-0.15, -0.1) is 0 Å². The van der Waals surface area contributed by atoms with Crippen molar-refractivity contribution >= 4 is 0 Å². The molecule has 24 heavy (non-hydrogen) atoms. The van der Waals surface area contributed by atoms with Crippen LogP contribution in [-0.2, 0) is 10.3 Å². The molecule has 3 rings (SSSR count). The first kappa shape index (κ1) is 17.1. The van der Waals surface area contributed by atoms with Crippen LogP contribution in [0, 0.1) is 0 Å². The standard InChI is InChI=1S/C20H25NO3/c22-14-11-19(21-12-15-24-16-13-21)20(23,17-7-3-1-4-8-17)18-9-5-2-6-10-18/h1-10,19,22-23H,11-16H2/t19-/m0/s1. The molecule has 1 atom stereocenters. The molecule has 0 spiro atoms. The molecule has 128 valence electrons. The minimum Gasteiger partial charge on any atom is -0.396 e. The van der Waals surface area contributed by atoms with E-state index in [0.717, 1.165) is 24.2 Å². The van der Waals surface area contributed by atoms with Crippen molar-refractivity contribution in [2.75, 3.05) is 32.9 Å². The van der Waals surface area contributed by atoms with Gasteiger partial charge in [0, 0.05) is 25.7 Å². The normalized spacial score (nSPS) is 17.6. The second-order valence-corrected chi connectivity index (χ2v) is 6.17. The fourth-order valence-corrected chi connectivity index (χ4v) is 3.60. The van der Waals surface area contributed by atoms with Crippen LogP contribution >= 0.6 is 0 Å². The quantitative estimate of drug-likeness (QED) is 0.852. The van der Waals surface area contributed by atoms with Gasteiger partial charge in [-0.2, -0.15) is 0 Å². The Morgan fingerprint density at radius 1 is 0.917 bits per heavy atom. The van der Waals surface area contributed by atoms with E-state index in [1.54, 1.807) is 0 Å². The van der Waals surface area contributed by atoms with E-state index in [0.29, 0.717) is 19.6 Å². The number of aliphatic hydroxyl groups excluding tert-OH is 1. The van der Waals surface area contributed by atoms with E-state index in [9.17, 15) is 10.2 Å². The molecule has 1 heterocycles. The Hall–Kier alpha value is -1.72. The highest BCUT2D eigenvalue weighted by molar-refractivity contribution is 5.38. The van der Waals surface area contributed by atoms with Crippen molar-refractivity contribution < 1.29 is 14.9 Å². The van der Waals surface area contributed by atoms with Crippen LogP contribution in [-0.4, -0.2) is 54.1 Å². The van der Waals surface area contributed by atoms with Crippen LogP contribution in [0.3, 0.4) is 0 Å². The summed E-state index contributed by atoms with van der Waals surface area (Å²) in [6.07, 6.45) is 0.500. The van der Waals surface area contributed by atoms with Gasteiger partial charge in [-0.25, -0.2) is 0 Å². The lowest BCUT2D eigenvalue weighted by molar-refractivity contribution is -0.0667. The summed E-state index contributed by atoms with van der Waals surface area (Å²) in [7, 11) is 0. The summed E-state index contributed by atoms with van der Waals surface area (Å²) in [6, 6.07) is 19.3. The zero-order chi connectivity index (χ0) is 16.8. The summed E-state index contributed by atoms with van der Waals surface area (Å²) in [5, 5.41) is 21.6. The fourth-order valence-electron chi connectivity index (χ4n) is 3.60. The van der Waals surface area contributed by atoms with Gasteiger partial charge in [-0.05, 0) is 17.5 Å². The smallest absolute Gasteiger partial charge is 0.130 e. The van der Waals surface area contributed by atoms with Crippen LogP contribution in [0.15, 0.2) is 60.7 Å². The first-order valence-corrected chi connectivity index (χ1v) is 8.53. The SMILES string of the molecule is OCC[C@H](N1CCOCC1)C(O)(c1ccccc1)c1ccccc1. The first-order valence-electron chi connectivity index (χ1n) is 8.53. The van der Waals surface area contributed by atoms with Gasteiger partial charge in [0.15, 0.2) is 0 Å². The maximum absolute atomic E-state index is 11.9. The zero-order valence-corrected chi connectivity index (χ0v) is 13.8. The highest BCUT2D eigenvalue weighted by Gasteiger charge is 2.43. The third-order valence-corrected chi connectivity index (χ3v) is 4.80. The van der Waals surface area contributed by atoms with Crippen LogP contribution in [0.1, 0.15) is 17.5 Å². The molecule has 0 aromatic heterocycles. The summed E-state index contributed by atoms with van der Waals surface area (Å²) < 4.78 is 5.47. The van der Waals surface area contributed by atoms with E-state index in [2.05, 4.69) is 4.90 Å². The predicted molar refractivity (Wildman–Crippen MR) is 93.8 cm³/mol. The Bertz CT molecular complexity index is 572. The van der Waals surface area contributed by atoms with E-state index >= 15 is 0 Å². The van der Waals surface area contributed by atoms with Crippen LogP contribution in [0.5, 0.6) is 0 Å². The Morgan fingerprint density at radius 3 is 1.88 bits per heavy atom. The third-order valence-electron chi connectivity index (χ3n) is 4.80. The minimum atomic E-state index is -1.18. The molecule has 4 nitrogen and oxygen atoms in total. The summed E-state index contributed by atoms with van der Waals surface area (Å²) in [4.78, 5) is 2.24. The molecule has 0 unspecified atom stereocenters. The lowest BCUT2D eigenvalue weighted by Gasteiger charge is -2.45. The molecule has 1 fully saturated rings. The molecule has 0 radical (unpaired) electrons. The lowest BCUT2D eigenvalue weighted by Crippen LogP contribution is -2.55. The molecule has 0 bridgehead atoms. The molecule has 1 aliphatic rings. The molecule has 1 saturated heterocycles. The maximum atomic E-state index is 11.9. The highest BCUT2D eigenvalue weighted by Crippen LogP contribution is 2.37. The molecule has 2 aromatic carbocycles. The second kappa shape index (κ2) is 7.90. The number of aliphatic hydroxyl groups is 2. The highest BCUT2D eigenvalue weighted by atomic mass is 16.5. The Labute approximate surface area is 143 Å². The van der Waals surface area contributed by atoms with Gasteiger partial charge in [0.05, 0.1) is 13.2 Å². The van der Waals surface area contributed by atoms with Crippen LogP contribution in [0.25, 0.3) is 0 Å². The van der Waals surface area contributed by atoms with E-state index in [1.165, 1.54) is 0 Å². The summed E-state index contributed by atoms with van der Waals surface area (Å²) in [6.45, 7) is 2.85. The number of morpholine rings is 1. The first-order chi connectivity index (χ1) is 11.8. The number of hydrogen-bond acceptors (Lipinski definition) is 4. The topological polar surface area (TPSA) is 52.9 Å². The minimum absolute atomic E-state index is 0.0317. The summed E-state index contributed by atoms with van der Waals surface area (Å²) >= 11 is 0.